The maximum Gasteiger partial charge on any atom is 0.148 e. The molecule has 3 heteroatoms. The predicted octanol–water partition coefficient (Wildman–Crippen LogP) is 5.10. The standard InChI is InChI=1S/C18H18FNO/c1-12-8-9-17(14(10-12)18(2,3)4)21-16-7-5-6-15(19)13(16)11-20/h5-10H,1-4H3. The van der Waals surface area contributed by atoms with Crippen LogP contribution < -0.4 is 4.74 Å². The van der Waals surface area contributed by atoms with Crippen molar-refractivity contribution in [1.29, 1.82) is 5.26 Å². The monoisotopic (exact) mass is 283 g/mol. The molecule has 2 aromatic rings. The molecule has 2 aromatic carbocycles. The smallest absolute Gasteiger partial charge is 0.148 e. The fourth-order valence-electron chi connectivity index (χ4n) is 2.14. The number of nitrogens with zero attached hydrogens (tertiary/aromatic N) is 1. The van der Waals surface area contributed by atoms with Gasteiger partial charge in [0.25, 0.3) is 0 Å². The number of aryl methyl sites for hydroxylation is 1. The Hall–Kier alpha value is -2.34. The second-order valence-electron chi connectivity index (χ2n) is 6.08. The molecule has 0 heterocycles. The van der Waals surface area contributed by atoms with E-state index in [0.717, 1.165) is 11.1 Å². The van der Waals surface area contributed by atoms with E-state index in [1.807, 2.05) is 25.1 Å². The summed E-state index contributed by atoms with van der Waals surface area (Å²) in [7, 11) is 0. The van der Waals surface area contributed by atoms with Crippen molar-refractivity contribution in [2.24, 2.45) is 0 Å². The van der Waals surface area contributed by atoms with Crippen LogP contribution in [0, 0.1) is 24.1 Å². The largest absolute Gasteiger partial charge is 0.456 e. The Morgan fingerprint density at radius 3 is 2.43 bits per heavy atom. The number of ether oxygens (including phenoxy) is 1. The minimum absolute atomic E-state index is 0.0714. The highest BCUT2D eigenvalue weighted by atomic mass is 19.1. The zero-order valence-electron chi connectivity index (χ0n) is 12.7. The van der Waals surface area contributed by atoms with E-state index in [0.29, 0.717) is 5.75 Å². The summed E-state index contributed by atoms with van der Waals surface area (Å²) in [6.07, 6.45) is 0. The van der Waals surface area contributed by atoms with Crippen molar-refractivity contribution >= 4 is 0 Å². The predicted molar refractivity (Wildman–Crippen MR) is 81.1 cm³/mol. The molecule has 108 valence electrons. The first-order valence-electron chi connectivity index (χ1n) is 6.80. The number of benzene rings is 2. The van der Waals surface area contributed by atoms with E-state index >= 15 is 0 Å². The molecule has 0 N–H and O–H groups in total. The van der Waals surface area contributed by atoms with Crippen molar-refractivity contribution in [2.75, 3.05) is 0 Å². The lowest BCUT2D eigenvalue weighted by molar-refractivity contribution is 0.449. The van der Waals surface area contributed by atoms with Crippen LogP contribution in [0.25, 0.3) is 0 Å². The SMILES string of the molecule is Cc1ccc(Oc2cccc(F)c2C#N)c(C(C)(C)C)c1. The number of rotatable bonds is 2. The Morgan fingerprint density at radius 1 is 1.10 bits per heavy atom. The highest BCUT2D eigenvalue weighted by Crippen LogP contribution is 2.36. The fourth-order valence-corrected chi connectivity index (χ4v) is 2.14. The minimum Gasteiger partial charge on any atom is -0.456 e. The zero-order chi connectivity index (χ0) is 15.6. The van der Waals surface area contributed by atoms with E-state index in [2.05, 4.69) is 26.8 Å². The summed E-state index contributed by atoms with van der Waals surface area (Å²) in [5.41, 5.74) is 1.97. The summed E-state index contributed by atoms with van der Waals surface area (Å²) in [6.45, 7) is 8.28. The van der Waals surface area contributed by atoms with E-state index < -0.39 is 5.82 Å². The lowest BCUT2D eigenvalue weighted by Gasteiger charge is -2.23. The van der Waals surface area contributed by atoms with Gasteiger partial charge in [0.05, 0.1) is 0 Å². The Balaban J connectivity index is 2.51. The van der Waals surface area contributed by atoms with E-state index in [-0.39, 0.29) is 16.7 Å². The lowest BCUT2D eigenvalue weighted by atomic mass is 9.85. The van der Waals surface area contributed by atoms with Gasteiger partial charge in [-0.1, -0.05) is 44.5 Å². The molecule has 0 spiro atoms. The average molecular weight is 283 g/mol. The van der Waals surface area contributed by atoms with Crippen LogP contribution in [0.15, 0.2) is 36.4 Å². The number of hydrogen-bond donors (Lipinski definition) is 0. The minimum atomic E-state index is -0.570. The summed E-state index contributed by atoms with van der Waals surface area (Å²) >= 11 is 0. The van der Waals surface area contributed by atoms with Gasteiger partial charge >= 0.3 is 0 Å². The molecule has 0 bridgehead atoms. The molecule has 0 saturated heterocycles. The molecule has 2 rings (SSSR count). The molecule has 0 fully saturated rings. The molecule has 0 unspecified atom stereocenters. The van der Waals surface area contributed by atoms with Crippen LogP contribution in [0.4, 0.5) is 4.39 Å². The summed E-state index contributed by atoms with van der Waals surface area (Å²) in [5.74, 6) is 0.321. The summed E-state index contributed by atoms with van der Waals surface area (Å²) in [5, 5.41) is 9.08. The second-order valence-corrected chi connectivity index (χ2v) is 6.08. The molecular formula is C18H18FNO. The average Bonchev–Trinajstić information content (AvgIpc) is 2.40. The van der Waals surface area contributed by atoms with Crippen molar-refractivity contribution < 1.29 is 9.13 Å². The summed E-state index contributed by atoms with van der Waals surface area (Å²) in [6, 6.07) is 12.1. The van der Waals surface area contributed by atoms with Crippen LogP contribution in [0.3, 0.4) is 0 Å². The van der Waals surface area contributed by atoms with Gasteiger partial charge in [-0.25, -0.2) is 4.39 Å². The third-order valence-corrected chi connectivity index (χ3v) is 3.25. The molecular weight excluding hydrogens is 265 g/mol. The van der Waals surface area contributed by atoms with E-state index in [9.17, 15) is 4.39 Å². The first-order chi connectivity index (χ1) is 9.82. The van der Waals surface area contributed by atoms with Crippen LogP contribution in [0.2, 0.25) is 0 Å². The van der Waals surface area contributed by atoms with Crippen molar-refractivity contribution in [3.05, 3.63) is 58.9 Å². The van der Waals surface area contributed by atoms with Gasteiger partial charge < -0.3 is 4.74 Å². The molecule has 0 radical (unpaired) electrons. The van der Waals surface area contributed by atoms with E-state index in [4.69, 9.17) is 10.00 Å². The van der Waals surface area contributed by atoms with Crippen molar-refractivity contribution in [1.82, 2.24) is 0 Å². The van der Waals surface area contributed by atoms with Gasteiger partial charge in [0.2, 0.25) is 0 Å². The molecule has 0 aliphatic carbocycles. The van der Waals surface area contributed by atoms with Gasteiger partial charge in [0.15, 0.2) is 0 Å². The quantitative estimate of drug-likeness (QED) is 0.768. The normalized spacial score (nSPS) is 11.0. The zero-order valence-corrected chi connectivity index (χ0v) is 12.7. The Kier molecular flexibility index (Phi) is 3.99. The molecule has 2 nitrogen and oxygen atoms in total. The molecule has 0 aliphatic heterocycles. The molecule has 0 saturated carbocycles. The molecule has 0 aromatic heterocycles. The molecule has 0 atom stereocenters. The third-order valence-electron chi connectivity index (χ3n) is 3.25. The van der Waals surface area contributed by atoms with Crippen molar-refractivity contribution in [3.8, 4) is 17.6 Å². The third kappa shape index (κ3) is 3.22. The van der Waals surface area contributed by atoms with Crippen LogP contribution in [0.5, 0.6) is 11.5 Å². The fraction of sp³-hybridized carbons (Fsp3) is 0.278. The highest BCUT2D eigenvalue weighted by Gasteiger charge is 2.20. The first-order valence-corrected chi connectivity index (χ1v) is 6.80. The van der Waals surface area contributed by atoms with Gasteiger partial charge in [0, 0.05) is 5.56 Å². The Labute approximate surface area is 124 Å². The van der Waals surface area contributed by atoms with Crippen molar-refractivity contribution in [3.63, 3.8) is 0 Å². The van der Waals surface area contributed by atoms with Gasteiger partial charge in [-0.2, -0.15) is 5.26 Å². The Morgan fingerprint density at radius 2 is 1.81 bits per heavy atom. The van der Waals surface area contributed by atoms with Gasteiger partial charge in [0.1, 0.15) is 28.9 Å². The van der Waals surface area contributed by atoms with Gasteiger partial charge in [-0.3, -0.25) is 0 Å². The second kappa shape index (κ2) is 5.57. The summed E-state index contributed by atoms with van der Waals surface area (Å²) in [4.78, 5) is 0. The van der Waals surface area contributed by atoms with Crippen LogP contribution in [-0.4, -0.2) is 0 Å². The van der Waals surface area contributed by atoms with Crippen LogP contribution in [-0.2, 0) is 5.41 Å². The number of nitriles is 1. The summed E-state index contributed by atoms with van der Waals surface area (Å²) < 4.78 is 19.5. The van der Waals surface area contributed by atoms with Crippen LogP contribution in [0.1, 0.15) is 37.5 Å². The first kappa shape index (κ1) is 15.1. The van der Waals surface area contributed by atoms with Crippen molar-refractivity contribution in [2.45, 2.75) is 33.1 Å². The topological polar surface area (TPSA) is 33.0 Å². The number of halogens is 1. The molecule has 0 amide bonds. The number of hydrogen-bond acceptors (Lipinski definition) is 2. The lowest BCUT2D eigenvalue weighted by Crippen LogP contribution is -2.13. The maximum absolute atomic E-state index is 13.6. The van der Waals surface area contributed by atoms with Gasteiger partial charge in [-0.05, 0) is 30.5 Å². The molecule has 21 heavy (non-hydrogen) atoms. The highest BCUT2D eigenvalue weighted by molar-refractivity contribution is 5.49. The molecule has 0 aliphatic rings. The van der Waals surface area contributed by atoms with Gasteiger partial charge in [-0.15, -0.1) is 0 Å². The van der Waals surface area contributed by atoms with E-state index in [1.54, 1.807) is 6.07 Å². The maximum atomic E-state index is 13.6. The Bertz CT molecular complexity index is 708. The van der Waals surface area contributed by atoms with Crippen LogP contribution >= 0.6 is 0 Å². The van der Waals surface area contributed by atoms with E-state index in [1.165, 1.54) is 12.1 Å².